The number of aryl methyl sites for hydroxylation is 2. The fourth-order valence-electron chi connectivity index (χ4n) is 2.57. The molecule has 0 atom stereocenters. The quantitative estimate of drug-likeness (QED) is 0.718. The fourth-order valence-corrected chi connectivity index (χ4v) is 3.36. The summed E-state index contributed by atoms with van der Waals surface area (Å²) in [5.41, 5.74) is 5.40. The van der Waals surface area contributed by atoms with E-state index in [1.54, 1.807) is 18.0 Å². The first-order chi connectivity index (χ1) is 12.1. The second kappa shape index (κ2) is 8.03. The summed E-state index contributed by atoms with van der Waals surface area (Å²) in [6, 6.07) is 16.2. The van der Waals surface area contributed by atoms with Gasteiger partial charge in [-0.15, -0.1) is 11.8 Å². The molecule has 0 saturated heterocycles. The third-order valence-electron chi connectivity index (χ3n) is 3.86. The van der Waals surface area contributed by atoms with E-state index < -0.39 is 0 Å². The van der Waals surface area contributed by atoms with Gasteiger partial charge in [-0.05, 0) is 49.2 Å². The van der Waals surface area contributed by atoms with Crippen molar-refractivity contribution in [2.45, 2.75) is 19.6 Å². The van der Waals surface area contributed by atoms with Crippen molar-refractivity contribution in [3.05, 3.63) is 77.6 Å². The van der Waals surface area contributed by atoms with Crippen LogP contribution in [0.1, 0.15) is 16.7 Å². The summed E-state index contributed by atoms with van der Waals surface area (Å²) in [4.78, 5) is 12.1. The third kappa shape index (κ3) is 4.73. The molecular formula is C20H21N3OS. The first kappa shape index (κ1) is 17.3. The van der Waals surface area contributed by atoms with Gasteiger partial charge in [-0.3, -0.25) is 4.79 Å². The predicted octanol–water partition coefficient (Wildman–Crippen LogP) is 4.36. The molecule has 3 aromatic rings. The molecule has 2 aromatic carbocycles. The van der Waals surface area contributed by atoms with E-state index in [0.29, 0.717) is 5.75 Å². The van der Waals surface area contributed by atoms with E-state index in [2.05, 4.69) is 28.6 Å². The van der Waals surface area contributed by atoms with Gasteiger partial charge in [-0.2, -0.15) is 5.10 Å². The SMILES string of the molecule is Cc1ccc(NC(=O)CSCc2ccc(-n3cccn3)cc2)c(C)c1. The summed E-state index contributed by atoms with van der Waals surface area (Å²) < 4.78 is 1.83. The van der Waals surface area contributed by atoms with Gasteiger partial charge in [0.15, 0.2) is 0 Å². The van der Waals surface area contributed by atoms with Crippen LogP contribution in [0.2, 0.25) is 0 Å². The molecule has 4 nitrogen and oxygen atoms in total. The Morgan fingerprint density at radius 3 is 2.64 bits per heavy atom. The Morgan fingerprint density at radius 2 is 1.96 bits per heavy atom. The molecule has 0 bridgehead atoms. The maximum Gasteiger partial charge on any atom is 0.234 e. The largest absolute Gasteiger partial charge is 0.325 e. The molecule has 25 heavy (non-hydrogen) atoms. The highest BCUT2D eigenvalue weighted by molar-refractivity contribution is 7.99. The van der Waals surface area contributed by atoms with Crippen molar-refractivity contribution in [3.63, 3.8) is 0 Å². The van der Waals surface area contributed by atoms with Gasteiger partial charge < -0.3 is 5.32 Å². The maximum atomic E-state index is 12.1. The number of thioether (sulfide) groups is 1. The van der Waals surface area contributed by atoms with Crippen LogP contribution in [0.5, 0.6) is 0 Å². The van der Waals surface area contributed by atoms with E-state index >= 15 is 0 Å². The van der Waals surface area contributed by atoms with Crippen molar-refractivity contribution in [2.24, 2.45) is 0 Å². The number of nitrogens with one attached hydrogen (secondary N) is 1. The second-order valence-electron chi connectivity index (χ2n) is 5.98. The van der Waals surface area contributed by atoms with Gasteiger partial charge in [-0.25, -0.2) is 4.68 Å². The minimum atomic E-state index is 0.0325. The number of amides is 1. The van der Waals surface area contributed by atoms with Crippen LogP contribution in [-0.2, 0) is 10.5 Å². The van der Waals surface area contributed by atoms with E-state index in [0.717, 1.165) is 22.7 Å². The number of aromatic nitrogens is 2. The molecule has 0 aliphatic heterocycles. The number of carbonyl (C=O) groups is 1. The van der Waals surface area contributed by atoms with E-state index in [9.17, 15) is 4.79 Å². The Labute approximate surface area is 152 Å². The van der Waals surface area contributed by atoms with E-state index in [-0.39, 0.29) is 5.91 Å². The summed E-state index contributed by atoms with van der Waals surface area (Å²) >= 11 is 1.61. The van der Waals surface area contributed by atoms with Gasteiger partial charge in [-0.1, -0.05) is 29.8 Å². The zero-order valence-corrected chi connectivity index (χ0v) is 15.2. The number of carbonyl (C=O) groups excluding carboxylic acids is 1. The van der Waals surface area contributed by atoms with E-state index in [4.69, 9.17) is 0 Å². The molecule has 3 rings (SSSR count). The Kier molecular flexibility index (Phi) is 5.56. The van der Waals surface area contributed by atoms with Crippen LogP contribution in [-0.4, -0.2) is 21.4 Å². The molecule has 1 heterocycles. The molecule has 0 radical (unpaired) electrons. The van der Waals surface area contributed by atoms with Gasteiger partial charge in [0, 0.05) is 23.8 Å². The molecule has 0 unspecified atom stereocenters. The highest BCUT2D eigenvalue weighted by Gasteiger charge is 2.06. The Balaban J connectivity index is 1.48. The van der Waals surface area contributed by atoms with Crippen molar-refractivity contribution < 1.29 is 4.79 Å². The normalized spacial score (nSPS) is 10.6. The highest BCUT2D eigenvalue weighted by Crippen LogP contribution is 2.18. The van der Waals surface area contributed by atoms with Crippen LogP contribution in [0, 0.1) is 13.8 Å². The van der Waals surface area contributed by atoms with E-state index in [1.165, 1.54) is 11.1 Å². The standard InChI is InChI=1S/C20H21N3OS/c1-15-4-9-19(16(2)12-15)22-20(24)14-25-13-17-5-7-18(8-6-17)23-11-3-10-21-23/h3-12H,13-14H2,1-2H3,(H,22,24). The molecular weight excluding hydrogens is 330 g/mol. The van der Waals surface area contributed by atoms with Gasteiger partial charge >= 0.3 is 0 Å². The van der Waals surface area contributed by atoms with Crippen LogP contribution < -0.4 is 5.32 Å². The average Bonchev–Trinajstić information content (AvgIpc) is 3.13. The molecule has 0 saturated carbocycles. The summed E-state index contributed by atoms with van der Waals surface area (Å²) in [5, 5.41) is 7.19. The second-order valence-corrected chi connectivity index (χ2v) is 6.96. The zero-order valence-electron chi connectivity index (χ0n) is 14.4. The number of anilines is 1. The monoisotopic (exact) mass is 351 g/mol. The Morgan fingerprint density at radius 1 is 1.16 bits per heavy atom. The molecule has 5 heteroatoms. The first-order valence-corrected chi connectivity index (χ1v) is 9.31. The molecule has 0 aliphatic carbocycles. The van der Waals surface area contributed by atoms with Crippen molar-refractivity contribution in [2.75, 3.05) is 11.1 Å². The van der Waals surface area contributed by atoms with Crippen molar-refractivity contribution in [1.29, 1.82) is 0 Å². The van der Waals surface area contributed by atoms with Crippen molar-refractivity contribution in [3.8, 4) is 5.69 Å². The Bertz CT molecular complexity index is 842. The van der Waals surface area contributed by atoms with Crippen LogP contribution in [0.3, 0.4) is 0 Å². The number of rotatable bonds is 6. The first-order valence-electron chi connectivity index (χ1n) is 8.15. The fraction of sp³-hybridized carbons (Fsp3) is 0.200. The third-order valence-corrected chi connectivity index (χ3v) is 4.87. The van der Waals surface area contributed by atoms with Gasteiger partial charge in [0.05, 0.1) is 11.4 Å². The molecule has 0 spiro atoms. The van der Waals surface area contributed by atoms with E-state index in [1.807, 2.05) is 55.1 Å². The lowest BCUT2D eigenvalue weighted by Crippen LogP contribution is -2.15. The van der Waals surface area contributed by atoms with Gasteiger partial charge in [0.1, 0.15) is 0 Å². The minimum absolute atomic E-state index is 0.0325. The average molecular weight is 351 g/mol. The van der Waals surface area contributed by atoms with Gasteiger partial charge in [0.2, 0.25) is 5.91 Å². The number of benzene rings is 2. The molecule has 128 valence electrons. The van der Waals surface area contributed by atoms with Crippen LogP contribution in [0.25, 0.3) is 5.69 Å². The minimum Gasteiger partial charge on any atom is -0.325 e. The molecule has 1 amide bonds. The zero-order chi connectivity index (χ0) is 17.6. The smallest absolute Gasteiger partial charge is 0.234 e. The lowest BCUT2D eigenvalue weighted by atomic mass is 10.1. The topological polar surface area (TPSA) is 46.9 Å². The lowest BCUT2D eigenvalue weighted by molar-refractivity contribution is -0.113. The number of hydrogen-bond donors (Lipinski definition) is 1. The summed E-state index contributed by atoms with van der Waals surface area (Å²) in [7, 11) is 0. The number of nitrogens with zero attached hydrogens (tertiary/aromatic N) is 2. The molecule has 0 aliphatic rings. The highest BCUT2D eigenvalue weighted by atomic mass is 32.2. The van der Waals surface area contributed by atoms with Crippen molar-refractivity contribution in [1.82, 2.24) is 9.78 Å². The summed E-state index contributed by atoms with van der Waals surface area (Å²) in [6.45, 7) is 4.06. The van der Waals surface area contributed by atoms with Crippen LogP contribution in [0.4, 0.5) is 5.69 Å². The lowest BCUT2D eigenvalue weighted by Gasteiger charge is -2.09. The number of hydrogen-bond acceptors (Lipinski definition) is 3. The van der Waals surface area contributed by atoms with Gasteiger partial charge in [0.25, 0.3) is 0 Å². The summed E-state index contributed by atoms with van der Waals surface area (Å²) in [6.07, 6.45) is 3.68. The summed E-state index contributed by atoms with van der Waals surface area (Å²) in [5.74, 6) is 1.28. The Hall–Kier alpha value is -2.53. The van der Waals surface area contributed by atoms with Crippen LogP contribution >= 0.6 is 11.8 Å². The molecule has 1 aromatic heterocycles. The van der Waals surface area contributed by atoms with Crippen LogP contribution in [0.15, 0.2) is 60.9 Å². The molecule has 0 fully saturated rings. The molecule has 1 N–H and O–H groups in total. The predicted molar refractivity (Wildman–Crippen MR) is 104 cm³/mol. The van der Waals surface area contributed by atoms with Crippen molar-refractivity contribution >= 4 is 23.4 Å². The maximum absolute atomic E-state index is 12.1.